The largest absolute Gasteiger partial charge is 0.507 e. The van der Waals surface area contributed by atoms with Gasteiger partial charge < -0.3 is 15.1 Å². The van der Waals surface area contributed by atoms with Crippen LogP contribution in [0, 0.1) is 12.7 Å². The van der Waals surface area contributed by atoms with Crippen LogP contribution in [0.25, 0.3) is 17.1 Å². The molecular weight excluding hydrogens is 427 g/mol. The minimum Gasteiger partial charge on any atom is -0.507 e. The van der Waals surface area contributed by atoms with Gasteiger partial charge in [-0.15, -0.1) is 0 Å². The first-order valence-corrected chi connectivity index (χ1v) is 10.1. The van der Waals surface area contributed by atoms with Crippen LogP contribution < -0.4 is 5.69 Å². The number of hydrogen-bond donors (Lipinski definition) is 3. The van der Waals surface area contributed by atoms with Crippen molar-refractivity contribution >= 4 is 5.91 Å². The van der Waals surface area contributed by atoms with Crippen molar-refractivity contribution in [1.29, 1.82) is 0 Å². The fraction of sp³-hybridized carbons (Fsp3) is 0.125. The highest BCUT2D eigenvalue weighted by atomic mass is 19.1. The maximum absolute atomic E-state index is 13.5. The number of aromatic amines is 1. The Balaban J connectivity index is 1.76. The second kappa shape index (κ2) is 8.62. The summed E-state index contributed by atoms with van der Waals surface area (Å²) >= 11 is 0. The van der Waals surface area contributed by atoms with E-state index >= 15 is 0 Å². The molecule has 0 radical (unpaired) electrons. The van der Waals surface area contributed by atoms with Crippen molar-refractivity contribution in [1.82, 2.24) is 19.7 Å². The molecule has 0 saturated heterocycles. The highest BCUT2D eigenvalue weighted by molar-refractivity contribution is 5.98. The van der Waals surface area contributed by atoms with Crippen molar-refractivity contribution in [3.05, 3.63) is 93.7 Å². The molecule has 4 aromatic rings. The Bertz CT molecular complexity index is 1410. The quantitative estimate of drug-likeness (QED) is 0.434. The van der Waals surface area contributed by atoms with Gasteiger partial charge in [0.25, 0.3) is 5.91 Å². The molecule has 8 nitrogen and oxygen atoms in total. The van der Waals surface area contributed by atoms with Gasteiger partial charge in [-0.2, -0.15) is 5.10 Å². The number of hydrogen-bond acceptors (Lipinski definition) is 5. The zero-order chi connectivity index (χ0) is 23.7. The van der Waals surface area contributed by atoms with Crippen molar-refractivity contribution in [2.24, 2.45) is 0 Å². The molecule has 0 aliphatic carbocycles. The molecule has 1 amide bonds. The first kappa shape index (κ1) is 21.8. The molecule has 0 atom stereocenters. The van der Waals surface area contributed by atoms with Gasteiger partial charge in [-0.05, 0) is 42.3 Å². The van der Waals surface area contributed by atoms with Gasteiger partial charge in [-0.25, -0.2) is 18.9 Å². The number of phenols is 2. The summed E-state index contributed by atoms with van der Waals surface area (Å²) in [7, 11) is 1.51. The Kier molecular flexibility index (Phi) is 5.70. The number of carbonyl (C=O) groups is 1. The van der Waals surface area contributed by atoms with Crippen molar-refractivity contribution in [3.8, 4) is 28.6 Å². The molecule has 9 heteroatoms. The van der Waals surface area contributed by atoms with E-state index in [2.05, 4.69) is 10.2 Å². The van der Waals surface area contributed by atoms with Crippen LogP contribution in [-0.2, 0) is 6.54 Å². The Morgan fingerprint density at radius 3 is 2.58 bits per heavy atom. The second-order valence-corrected chi connectivity index (χ2v) is 7.65. The molecule has 4 rings (SSSR count). The maximum atomic E-state index is 13.5. The molecule has 33 heavy (non-hydrogen) atoms. The van der Waals surface area contributed by atoms with E-state index in [4.69, 9.17) is 0 Å². The number of benzene rings is 3. The molecule has 0 fully saturated rings. The number of rotatable bonds is 5. The number of nitrogens with zero attached hydrogens (tertiary/aromatic N) is 3. The van der Waals surface area contributed by atoms with Crippen LogP contribution >= 0.6 is 0 Å². The van der Waals surface area contributed by atoms with Crippen LogP contribution in [0.4, 0.5) is 4.39 Å². The normalized spacial score (nSPS) is 10.9. The number of phenolic OH excluding ortho intramolecular Hbond substituents is 2. The Morgan fingerprint density at radius 1 is 1.09 bits per heavy atom. The molecule has 0 unspecified atom stereocenters. The molecule has 3 N–H and O–H groups in total. The van der Waals surface area contributed by atoms with E-state index in [1.165, 1.54) is 34.7 Å². The van der Waals surface area contributed by atoms with Crippen LogP contribution in [0.5, 0.6) is 11.5 Å². The van der Waals surface area contributed by atoms with Crippen LogP contribution in [0.1, 0.15) is 21.5 Å². The first-order chi connectivity index (χ1) is 15.8. The number of aryl methyl sites for hydroxylation is 1. The number of halogens is 1. The highest BCUT2D eigenvalue weighted by Crippen LogP contribution is 2.35. The van der Waals surface area contributed by atoms with Gasteiger partial charge in [-0.1, -0.05) is 30.3 Å². The summed E-state index contributed by atoms with van der Waals surface area (Å²) in [5.41, 5.74) is 1.37. The van der Waals surface area contributed by atoms with E-state index in [0.717, 1.165) is 11.6 Å². The minimum absolute atomic E-state index is 0.0774. The number of amides is 1. The third-order valence-corrected chi connectivity index (χ3v) is 5.27. The Hall–Kier alpha value is -4.40. The second-order valence-electron chi connectivity index (χ2n) is 7.65. The monoisotopic (exact) mass is 448 g/mol. The van der Waals surface area contributed by atoms with Crippen molar-refractivity contribution in [3.63, 3.8) is 0 Å². The third-order valence-electron chi connectivity index (χ3n) is 5.27. The molecule has 0 saturated carbocycles. The predicted molar refractivity (Wildman–Crippen MR) is 120 cm³/mol. The molecule has 0 aliphatic rings. The topological polar surface area (TPSA) is 111 Å². The van der Waals surface area contributed by atoms with Gasteiger partial charge in [-0.3, -0.25) is 4.79 Å². The van der Waals surface area contributed by atoms with Gasteiger partial charge in [0.05, 0.1) is 16.8 Å². The van der Waals surface area contributed by atoms with Gasteiger partial charge in [0.1, 0.15) is 17.3 Å². The van der Waals surface area contributed by atoms with Crippen molar-refractivity contribution < 1.29 is 19.4 Å². The summed E-state index contributed by atoms with van der Waals surface area (Å²) < 4.78 is 14.8. The molecule has 1 aromatic heterocycles. The lowest BCUT2D eigenvalue weighted by Crippen LogP contribution is -2.26. The lowest BCUT2D eigenvalue weighted by Gasteiger charge is -2.19. The SMILES string of the molecule is Cc1ccccc1-n1c(-c2cc(C(=O)N(C)Cc3cccc(F)c3)c(O)cc2O)n[nH]c1=O. The van der Waals surface area contributed by atoms with Crippen LogP contribution in [0.2, 0.25) is 0 Å². The van der Waals surface area contributed by atoms with E-state index in [-0.39, 0.29) is 29.2 Å². The molecule has 3 aromatic carbocycles. The number of aromatic nitrogens is 3. The lowest BCUT2D eigenvalue weighted by molar-refractivity contribution is 0.0782. The first-order valence-electron chi connectivity index (χ1n) is 10.1. The predicted octanol–water partition coefficient (Wildman–Crippen LogP) is 3.36. The fourth-order valence-corrected chi connectivity index (χ4v) is 3.63. The van der Waals surface area contributed by atoms with E-state index in [0.29, 0.717) is 11.3 Å². The summed E-state index contributed by atoms with van der Waals surface area (Å²) in [4.78, 5) is 26.9. The standard InChI is InChI=1S/C24H21FN4O4/c1-14-6-3-4-9-19(14)29-22(26-27-24(29)33)17-11-18(21(31)12-20(17)30)23(32)28(2)13-15-7-5-8-16(25)10-15/h3-12,30-31H,13H2,1-2H3,(H,27,33). The summed E-state index contributed by atoms with van der Waals surface area (Å²) in [5.74, 6) is -1.69. The Labute approximate surface area is 188 Å². The Morgan fingerprint density at radius 2 is 1.85 bits per heavy atom. The molecule has 0 spiro atoms. The van der Waals surface area contributed by atoms with Gasteiger partial charge in [0.15, 0.2) is 5.82 Å². The number of nitrogens with one attached hydrogen (secondary N) is 1. The number of para-hydroxylation sites is 1. The molecule has 0 bridgehead atoms. The zero-order valence-corrected chi connectivity index (χ0v) is 17.9. The highest BCUT2D eigenvalue weighted by Gasteiger charge is 2.23. The van der Waals surface area contributed by atoms with Gasteiger partial charge in [0, 0.05) is 19.7 Å². The minimum atomic E-state index is -0.557. The van der Waals surface area contributed by atoms with Gasteiger partial charge in [0.2, 0.25) is 0 Å². The molecule has 168 valence electrons. The summed E-state index contributed by atoms with van der Waals surface area (Å²) in [6.45, 7) is 1.92. The number of carbonyl (C=O) groups excluding carboxylic acids is 1. The lowest BCUT2D eigenvalue weighted by atomic mass is 10.1. The third kappa shape index (κ3) is 4.20. The molecular formula is C24H21FN4O4. The summed E-state index contributed by atoms with van der Waals surface area (Å²) in [6.07, 6.45) is 0. The van der Waals surface area contributed by atoms with Gasteiger partial charge >= 0.3 is 5.69 Å². The maximum Gasteiger partial charge on any atom is 0.348 e. The van der Waals surface area contributed by atoms with E-state index < -0.39 is 23.2 Å². The van der Waals surface area contributed by atoms with Crippen LogP contribution in [-0.4, -0.2) is 42.8 Å². The zero-order valence-electron chi connectivity index (χ0n) is 17.9. The summed E-state index contributed by atoms with van der Waals surface area (Å²) in [6, 6.07) is 15.3. The van der Waals surface area contributed by atoms with E-state index in [1.54, 1.807) is 24.3 Å². The molecule has 0 aliphatic heterocycles. The average molecular weight is 448 g/mol. The van der Waals surface area contributed by atoms with Crippen LogP contribution in [0.15, 0.2) is 65.5 Å². The van der Waals surface area contributed by atoms with E-state index in [9.17, 15) is 24.2 Å². The van der Waals surface area contributed by atoms with Crippen molar-refractivity contribution in [2.45, 2.75) is 13.5 Å². The summed E-state index contributed by atoms with van der Waals surface area (Å²) in [5, 5.41) is 27.3. The number of H-pyrrole nitrogens is 1. The molecule has 1 heterocycles. The average Bonchev–Trinajstić information content (AvgIpc) is 3.14. The smallest absolute Gasteiger partial charge is 0.348 e. The fourth-order valence-electron chi connectivity index (χ4n) is 3.63. The van der Waals surface area contributed by atoms with E-state index in [1.807, 2.05) is 19.1 Å². The van der Waals surface area contributed by atoms with Crippen LogP contribution in [0.3, 0.4) is 0 Å². The number of aromatic hydroxyl groups is 2. The van der Waals surface area contributed by atoms with Crippen molar-refractivity contribution in [2.75, 3.05) is 7.05 Å².